The molecular formula is C30H27F3N2O9. The van der Waals surface area contributed by atoms with Gasteiger partial charge in [0.25, 0.3) is 5.91 Å². The summed E-state index contributed by atoms with van der Waals surface area (Å²) in [7, 11) is 0. The number of aliphatic hydroxyl groups excluding tert-OH is 2. The molecule has 0 aliphatic heterocycles. The quantitative estimate of drug-likeness (QED) is 0.264. The molecule has 44 heavy (non-hydrogen) atoms. The normalized spacial score (nSPS) is 23.1. The molecule has 232 valence electrons. The molecule has 5 rings (SSSR count). The summed E-state index contributed by atoms with van der Waals surface area (Å²) in [4.78, 5) is 49.5. The first-order valence-corrected chi connectivity index (χ1v) is 13.5. The van der Waals surface area contributed by atoms with Gasteiger partial charge in [0.1, 0.15) is 28.6 Å². The van der Waals surface area contributed by atoms with E-state index in [9.17, 15) is 52.8 Å². The van der Waals surface area contributed by atoms with Crippen molar-refractivity contribution in [2.75, 3.05) is 6.61 Å². The molecule has 0 spiro atoms. The van der Waals surface area contributed by atoms with Crippen molar-refractivity contribution in [3.05, 3.63) is 63.9 Å². The van der Waals surface area contributed by atoms with Crippen molar-refractivity contribution >= 4 is 29.1 Å². The maximum absolute atomic E-state index is 13.7. The van der Waals surface area contributed by atoms with Crippen LogP contribution in [0, 0.1) is 11.8 Å². The third-order valence-electron chi connectivity index (χ3n) is 8.32. The van der Waals surface area contributed by atoms with E-state index < -0.39 is 82.8 Å². The van der Waals surface area contributed by atoms with Crippen LogP contribution in [0.1, 0.15) is 36.5 Å². The number of ether oxygens (including phenoxy) is 1. The number of primary amides is 1. The molecule has 2 aromatic carbocycles. The number of phenolic OH excluding ortho intramolecular Hbond substituents is 1. The highest BCUT2D eigenvalue weighted by Crippen LogP contribution is 2.53. The molecule has 3 aliphatic rings. The molecule has 0 bridgehead atoms. The van der Waals surface area contributed by atoms with Crippen LogP contribution in [0.15, 0.2) is 47.2 Å². The zero-order valence-electron chi connectivity index (χ0n) is 23.1. The number of fused-ring (bicyclic) bond motifs is 3. The fourth-order valence-electron chi connectivity index (χ4n) is 6.35. The number of rotatable bonds is 6. The Hall–Kier alpha value is -4.85. The van der Waals surface area contributed by atoms with Crippen LogP contribution in [0.3, 0.4) is 0 Å². The van der Waals surface area contributed by atoms with Gasteiger partial charge in [-0.2, -0.15) is 13.2 Å². The Bertz CT molecular complexity index is 1690. The summed E-state index contributed by atoms with van der Waals surface area (Å²) in [5, 5.41) is 46.0. The van der Waals surface area contributed by atoms with Crippen molar-refractivity contribution in [3.8, 4) is 22.6 Å². The van der Waals surface area contributed by atoms with Gasteiger partial charge in [-0.25, -0.2) is 0 Å². The molecule has 0 saturated heterocycles. The first-order chi connectivity index (χ1) is 20.6. The van der Waals surface area contributed by atoms with Gasteiger partial charge in [-0.15, -0.1) is 0 Å². The van der Waals surface area contributed by atoms with Gasteiger partial charge in [0.2, 0.25) is 5.78 Å². The average molecular weight is 617 g/mol. The van der Waals surface area contributed by atoms with Crippen LogP contribution >= 0.6 is 0 Å². The molecule has 2 amide bonds. The van der Waals surface area contributed by atoms with Crippen LogP contribution < -0.4 is 15.8 Å². The first-order valence-electron chi connectivity index (χ1n) is 13.5. The molecule has 7 N–H and O–H groups in total. The number of halogens is 3. The minimum absolute atomic E-state index is 0.0193. The number of phenols is 1. The van der Waals surface area contributed by atoms with Crippen LogP contribution in [-0.2, 0) is 32.1 Å². The topological polar surface area (TPSA) is 196 Å². The van der Waals surface area contributed by atoms with E-state index in [2.05, 4.69) is 0 Å². The minimum Gasteiger partial charge on any atom is -0.508 e. The van der Waals surface area contributed by atoms with Gasteiger partial charge in [-0.05, 0) is 60.6 Å². The van der Waals surface area contributed by atoms with Crippen molar-refractivity contribution < 1.29 is 57.5 Å². The van der Waals surface area contributed by atoms with Crippen molar-refractivity contribution in [3.63, 3.8) is 0 Å². The van der Waals surface area contributed by atoms with E-state index in [4.69, 9.17) is 10.5 Å². The number of aromatic hydroxyl groups is 1. The number of hydrogen-bond donors (Lipinski definition) is 6. The van der Waals surface area contributed by atoms with Gasteiger partial charge in [0.05, 0.1) is 12.2 Å². The number of Topliss-reactive ketones (excluding diaryl/α,β-unsaturated/α-hetero) is 2. The predicted molar refractivity (Wildman–Crippen MR) is 146 cm³/mol. The molecule has 14 heteroatoms. The second-order valence-electron chi connectivity index (χ2n) is 10.8. The summed E-state index contributed by atoms with van der Waals surface area (Å²) in [6.07, 6.45) is -5.62. The van der Waals surface area contributed by atoms with Crippen LogP contribution in [-0.4, -0.2) is 62.2 Å². The SMILES string of the molecule is CCOc1ccc(-c2ccc(O)c3c2C[C@H]2C[C@H]4CC(=O)C(C(N)=O)=C(O)[C@@]4(O)C(=O)C2=C3O)cc1CNC(=O)C(F)(F)F. The fraction of sp³-hybridized carbons (Fsp3) is 0.333. The number of nitrogens with two attached hydrogens (primary N) is 1. The molecule has 2 aromatic rings. The van der Waals surface area contributed by atoms with Gasteiger partial charge in [-0.3, -0.25) is 19.2 Å². The van der Waals surface area contributed by atoms with Crippen molar-refractivity contribution in [1.82, 2.24) is 5.32 Å². The number of ketones is 2. The lowest BCUT2D eigenvalue weighted by molar-refractivity contribution is -0.173. The zero-order valence-corrected chi connectivity index (χ0v) is 23.1. The molecule has 1 fully saturated rings. The number of benzene rings is 2. The highest BCUT2D eigenvalue weighted by molar-refractivity contribution is 6.22. The zero-order chi connectivity index (χ0) is 32.3. The van der Waals surface area contributed by atoms with E-state index in [1.54, 1.807) is 13.0 Å². The van der Waals surface area contributed by atoms with E-state index in [1.807, 2.05) is 5.32 Å². The Balaban J connectivity index is 1.61. The van der Waals surface area contributed by atoms with E-state index >= 15 is 0 Å². The molecule has 11 nitrogen and oxygen atoms in total. The first kappa shape index (κ1) is 30.6. The second-order valence-corrected chi connectivity index (χ2v) is 10.8. The summed E-state index contributed by atoms with van der Waals surface area (Å²) in [5.74, 6) is -9.44. The Morgan fingerprint density at radius 1 is 1.11 bits per heavy atom. The smallest absolute Gasteiger partial charge is 0.471 e. The Labute approximate surface area is 247 Å². The Morgan fingerprint density at radius 2 is 1.82 bits per heavy atom. The van der Waals surface area contributed by atoms with Gasteiger partial charge in [0, 0.05) is 30.0 Å². The molecule has 3 atom stereocenters. The summed E-state index contributed by atoms with van der Waals surface area (Å²) in [6, 6.07) is 7.34. The highest BCUT2D eigenvalue weighted by atomic mass is 19.4. The van der Waals surface area contributed by atoms with E-state index in [-0.39, 0.29) is 41.9 Å². The lowest BCUT2D eigenvalue weighted by Gasteiger charge is -2.46. The van der Waals surface area contributed by atoms with E-state index in [0.717, 1.165) is 0 Å². The lowest BCUT2D eigenvalue weighted by Crippen LogP contribution is -2.58. The maximum Gasteiger partial charge on any atom is 0.471 e. The Morgan fingerprint density at radius 3 is 2.45 bits per heavy atom. The predicted octanol–water partition coefficient (Wildman–Crippen LogP) is 2.67. The molecule has 0 heterocycles. The van der Waals surface area contributed by atoms with Crippen molar-refractivity contribution in [1.29, 1.82) is 0 Å². The molecule has 0 unspecified atom stereocenters. The molecule has 0 radical (unpaired) electrons. The fourth-order valence-corrected chi connectivity index (χ4v) is 6.35. The summed E-state index contributed by atoms with van der Waals surface area (Å²) < 4.78 is 43.9. The number of alkyl halides is 3. The standard InChI is InChI=1S/C30H27F3N2O9/c1-2-44-20-6-3-12(7-14(20)11-35-28(42)30(31,32)33)16-4-5-18(36)22-17(16)9-13-8-15-10-19(37)23(27(34)41)26(40)29(15,43)25(39)21(13)24(22)38/h3-7,13,15,36,38,40,43H,2,8-11H2,1H3,(H2,34,41)(H,35,42)/t13-,15+,29+/m1/s1. The third-order valence-corrected chi connectivity index (χ3v) is 8.32. The molecular weight excluding hydrogens is 589 g/mol. The number of carbonyl (C=O) groups excluding carboxylic acids is 4. The largest absolute Gasteiger partial charge is 0.508 e. The highest BCUT2D eigenvalue weighted by Gasteiger charge is 2.60. The van der Waals surface area contributed by atoms with Crippen LogP contribution in [0.2, 0.25) is 0 Å². The second kappa shape index (κ2) is 10.7. The Kier molecular flexibility index (Phi) is 7.44. The molecule has 3 aliphatic carbocycles. The van der Waals surface area contributed by atoms with Gasteiger partial charge < -0.3 is 36.2 Å². The number of amides is 2. The van der Waals surface area contributed by atoms with E-state index in [1.165, 1.54) is 24.3 Å². The monoisotopic (exact) mass is 616 g/mol. The van der Waals surface area contributed by atoms with Gasteiger partial charge in [0.15, 0.2) is 11.4 Å². The van der Waals surface area contributed by atoms with Crippen LogP contribution in [0.4, 0.5) is 13.2 Å². The van der Waals surface area contributed by atoms with Crippen molar-refractivity contribution in [2.24, 2.45) is 17.6 Å². The minimum atomic E-state index is -5.10. The van der Waals surface area contributed by atoms with Crippen LogP contribution in [0.25, 0.3) is 16.9 Å². The summed E-state index contributed by atoms with van der Waals surface area (Å²) in [5.41, 5.74) is 2.59. The van der Waals surface area contributed by atoms with Crippen molar-refractivity contribution in [2.45, 2.75) is 44.5 Å². The molecule has 0 aromatic heterocycles. The van der Waals surface area contributed by atoms with Gasteiger partial charge >= 0.3 is 12.1 Å². The lowest BCUT2D eigenvalue weighted by atomic mass is 9.59. The number of aliphatic hydroxyl groups is 3. The summed E-state index contributed by atoms with van der Waals surface area (Å²) in [6.45, 7) is 1.34. The average Bonchev–Trinajstić information content (AvgIpc) is 2.94. The third kappa shape index (κ3) is 4.75. The molecule has 1 saturated carbocycles. The number of hydrogen-bond acceptors (Lipinski definition) is 9. The van der Waals surface area contributed by atoms with E-state index in [0.29, 0.717) is 16.7 Å². The number of nitrogens with one attached hydrogen (secondary N) is 1. The summed E-state index contributed by atoms with van der Waals surface area (Å²) >= 11 is 0. The van der Waals surface area contributed by atoms with Crippen LogP contribution in [0.5, 0.6) is 11.5 Å². The maximum atomic E-state index is 13.7. The van der Waals surface area contributed by atoms with Gasteiger partial charge in [-0.1, -0.05) is 12.1 Å². The number of carbonyl (C=O) groups is 4.